The van der Waals surface area contributed by atoms with Gasteiger partial charge < -0.3 is 0 Å². The van der Waals surface area contributed by atoms with Crippen molar-refractivity contribution in [2.24, 2.45) is 0 Å². The summed E-state index contributed by atoms with van der Waals surface area (Å²) in [6.07, 6.45) is 0. The van der Waals surface area contributed by atoms with E-state index in [1.54, 1.807) is 0 Å². The van der Waals surface area contributed by atoms with Crippen LogP contribution in [0, 0.1) is 0 Å². The Balaban J connectivity index is 7.72. The Hall–Kier alpha value is -3.14. The normalized spacial score (nSPS) is 12.3. The molecule has 14 heteroatoms. The van der Waals surface area contributed by atoms with Gasteiger partial charge in [-0.3, -0.25) is 0 Å². The molecule has 0 heterocycles. The molecule has 0 saturated heterocycles. The molecule has 0 bridgehead atoms. The third-order valence-corrected chi connectivity index (χ3v) is 25.3. The third-order valence-electron chi connectivity index (χ3n) is 5.37. The van der Waals surface area contributed by atoms with Gasteiger partial charge in [-0.05, 0) is 0 Å². The van der Waals surface area contributed by atoms with E-state index in [0.717, 1.165) is 0 Å². The molecule has 0 N–H and O–H groups in total. The van der Waals surface area contributed by atoms with Crippen LogP contribution >= 0.6 is 0 Å². The van der Waals surface area contributed by atoms with Crippen LogP contribution in [0.2, 0.25) is 7.87 Å². The van der Waals surface area contributed by atoms with E-state index >= 15 is 0 Å². The summed E-state index contributed by atoms with van der Waals surface area (Å²) >= 11 is -12.1. The first kappa shape index (κ1) is 38.9. The molecule has 0 aliphatic heterocycles. The van der Waals surface area contributed by atoms with Gasteiger partial charge in [0.15, 0.2) is 0 Å². The molecular weight excluding hydrogens is 766 g/mol. The van der Waals surface area contributed by atoms with Crippen LogP contribution in [0.4, 0.5) is 0 Å². The summed E-state index contributed by atoms with van der Waals surface area (Å²) < 4.78 is 31.1. The molecular formula is C28H38O12Sn2. The molecule has 0 fully saturated rings. The predicted octanol–water partition coefficient (Wildman–Crippen LogP) is 4.36. The molecule has 2 unspecified atom stereocenters. The summed E-state index contributed by atoms with van der Waals surface area (Å²) in [4.78, 5) is 77.2. The second kappa shape index (κ2) is 15.9. The van der Waals surface area contributed by atoms with Gasteiger partial charge in [-0.1, -0.05) is 0 Å². The maximum atomic E-state index is 12.9. The molecule has 230 valence electrons. The molecule has 0 aliphatic carbocycles. The molecule has 2 atom stereocenters. The number of carbonyl (C=O) groups excluding carboxylic acids is 6. The Kier molecular flexibility index (Phi) is 14.7. The Morgan fingerprint density at radius 2 is 0.500 bits per heavy atom. The van der Waals surface area contributed by atoms with Gasteiger partial charge in [-0.25, -0.2) is 0 Å². The van der Waals surface area contributed by atoms with Gasteiger partial charge in [0.25, 0.3) is 0 Å². The van der Waals surface area contributed by atoms with E-state index in [0.29, 0.717) is 0 Å². The van der Waals surface area contributed by atoms with Crippen LogP contribution in [-0.2, 0) is 47.2 Å². The summed E-state index contributed by atoms with van der Waals surface area (Å²) in [5, 5.41) is 0. The molecule has 0 rings (SSSR count). The minimum atomic E-state index is -6.06. The number of hydrogen-bond donors (Lipinski definition) is 0. The third kappa shape index (κ3) is 10.6. The van der Waals surface area contributed by atoms with E-state index in [1.165, 1.54) is 55.4 Å². The van der Waals surface area contributed by atoms with Gasteiger partial charge in [0.1, 0.15) is 0 Å². The molecule has 0 amide bonds. The molecule has 42 heavy (non-hydrogen) atoms. The number of rotatable bonds is 15. The summed E-state index contributed by atoms with van der Waals surface area (Å²) in [7, 11) is 0. The van der Waals surface area contributed by atoms with E-state index in [-0.39, 0.29) is 33.4 Å². The van der Waals surface area contributed by atoms with Gasteiger partial charge >= 0.3 is 258 Å². The Labute approximate surface area is 257 Å². The average Bonchev–Trinajstić information content (AvgIpc) is 2.86. The zero-order chi connectivity index (χ0) is 33.3. The first-order valence-electron chi connectivity index (χ1n) is 12.4. The molecule has 0 radical (unpaired) electrons. The molecule has 0 aromatic rings. The van der Waals surface area contributed by atoms with Gasteiger partial charge in [0.05, 0.1) is 0 Å². The fourth-order valence-corrected chi connectivity index (χ4v) is 25.2. The maximum absolute atomic E-state index is 12.9. The van der Waals surface area contributed by atoms with E-state index in [1.807, 2.05) is 0 Å². The standard InChI is InChI=1S/6C4H6O2.C4H8.2Sn/c6*1-3(2)4(5)6;1-3-4-2;;/h6*1H2,2H3,(H,5,6);3-4H,1-2H3;;/q;;;;;;;2*+3/p-6. The van der Waals surface area contributed by atoms with Crippen LogP contribution in [0.15, 0.2) is 72.9 Å². The van der Waals surface area contributed by atoms with Gasteiger partial charge in [-0.15, -0.1) is 0 Å². The minimum absolute atomic E-state index is 0.139. The second-order valence-corrected chi connectivity index (χ2v) is 25.4. The number of carbonyl (C=O) groups is 6. The zero-order valence-electron chi connectivity index (χ0n) is 25.3. The Morgan fingerprint density at radius 1 is 0.381 bits per heavy atom. The van der Waals surface area contributed by atoms with E-state index in [2.05, 4.69) is 39.5 Å². The predicted molar refractivity (Wildman–Crippen MR) is 156 cm³/mol. The van der Waals surface area contributed by atoms with E-state index < -0.39 is 82.9 Å². The molecule has 0 aliphatic rings. The molecule has 12 nitrogen and oxygen atoms in total. The summed E-state index contributed by atoms with van der Waals surface area (Å²) in [6.45, 7) is 31.6. The van der Waals surface area contributed by atoms with Crippen LogP contribution in [0.3, 0.4) is 0 Å². The second-order valence-electron chi connectivity index (χ2n) is 9.80. The topological polar surface area (TPSA) is 158 Å². The summed E-state index contributed by atoms with van der Waals surface area (Å²) in [5.41, 5.74) is -0.836. The monoisotopic (exact) mass is 806 g/mol. The van der Waals surface area contributed by atoms with Crippen molar-refractivity contribution in [3.63, 3.8) is 0 Å². The van der Waals surface area contributed by atoms with Crippen LogP contribution in [0.1, 0.15) is 55.4 Å². The SMILES string of the molecule is C=C(C)C(=O)[O][Sn]([O]C(=O)C(=C)C)([O]C(=O)C(=C)C)[CH](C)[CH](C)[Sn]([O]C(=O)C(=C)C)([O]C(=O)C(=C)C)[O]C(=O)C(=C)C. The summed E-state index contributed by atoms with van der Waals surface area (Å²) in [6, 6.07) is 0. The fourth-order valence-electron chi connectivity index (χ4n) is 2.59. The molecule has 0 aromatic heterocycles. The Bertz CT molecular complexity index is 1020. The van der Waals surface area contributed by atoms with Crippen molar-refractivity contribution in [2.45, 2.75) is 63.3 Å². The number of hydrogen-bond acceptors (Lipinski definition) is 12. The van der Waals surface area contributed by atoms with Crippen LogP contribution in [0.5, 0.6) is 0 Å². The van der Waals surface area contributed by atoms with Crippen molar-refractivity contribution in [1.82, 2.24) is 0 Å². The van der Waals surface area contributed by atoms with Crippen molar-refractivity contribution in [1.29, 1.82) is 0 Å². The van der Waals surface area contributed by atoms with Crippen molar-refractivity contribution in [3.8, 4) is 0 Å². The van der Waals surface area contributed by atoms with E-state index in [9.17, 15) is 28.8 Å². The van der Waals surface area contributed by atoms with Gasteiger partial charge in [-0.2, -0.15) is 0 Å². The zero-order valence-corrected chi connectivity index (χ0v) is 31.0. The van der Waals surface area contributed by atoms with E-state index in [4.69, 9.17) is 18.4 Å². The van der Waals surface area contributed by atoms with Crippen LogP contribution < -0.4 is 0 Å². The Morgan fingerprint density at radius 3 is 0.595 bits per heavy atom. The summed E-state index contributed by atoms with van der Waals surface area (Å²) in [5.74, 6) is -6.46. The first-order valence-corrected chi connectivity index (χ1v) is 22.6. The van der Waals surface area contributed by atoms with Gasteiger partial charge in [0.2, 0.25) is 0 Å². The van der Waals surface area contributed by atoms with Crippen molar-refractivity contribution in [3.05, 3.63) is 72.9 Å². The van der Waals surface area contributed by atoms with Crippen molar-refractivity contribution < 1.29 is 47.2 Å². The molecule has 0 aromatic carbocycles. The van der Waals surface area contributed by atoms with Gasteiger partial charge in [0, 0.05) is 0 Å². The quantitative estimate of drug-likeness (QED) is 0.171. The van der Waals surface area contributed by atoms with Crippen LogP contribution in [0.25, 0.3) is 0 Å². The van der Waals surface area contributed by atoms with Crippen molar-refractivity contribution in [2.75, 3.05) is 0 Å². The molecule has 0 spiro atoms. The average molecular weight is 804 g/mol. The van der Waals surface area contributed by atoms with Crippen molar-refractivity contribution >= 4 is 75.1 Å². The molecule has 0 saturated carbocycles. The van der Waals surface area contributed by atoms with Crippen LogP contribution in [-0.4, -0.2) is 75.1 Å². The first-order chi connectivity index (χ1) is 19.0. The fraction of sp³-hybridized carbons (Fsp3) is 0.357.